The van der Waals surface area contributed by atoms with E-state index in [2.05, 4.69) is 22.3 Å². The van der Waals surface area contributed by atoms with Crippen molar-refractivity contribution in [2.75, 3.05) is 13.2 Å². The molecule has 5 heteroatoms. The monoisotopic (exact) mass is 210 g/mol. The minimum atomic E-state index is 0.392. The minimum absolute atomic E-state index is 0.392. The van der Waals surface area contributed by atoms with Crippen molar-refractivity contribution in [2.24, 2.45) is 0 Å². The molecule has 1 saturated heterocycles. The van der Waals surface area contributed by atoms with E-state index in [0.717, 1.165) is 32.1 Å². The van der Waals surface area contributed by atoms with Crippen molar-refractivity contribution in [2.45, 2.75) is 39.0 Å². The predicted molar refractivity (Wildman–Crippen MR) is 56.4 cm³/mol. The van der Waals surface area contributed by atoms with Crippen LogP contribution in [0.5, 0.6) is 0 Å². The summed E-state index contributed by atoms with van der Waals surface area (Å²) in [6, 6.07) is 0. The molecule has 1 atom stereocenters. The summed E-state index contributed by atoms with van der Waals surface area (Å²) in [6.07, 6.45) is 4.36. The summed E-state index contributed by atoms with van der Waals surface area (Å²) in [5, 5.41) is 7.48. The third-order valence-corrected chi connectivity index (χ3v) is 2.67. The molecule has 1 aliphatic heterocycles. The average Bonchev–Trinajstić information content (AvgIpc) is 2.88. The van der Waals surface area contributed by atoms with Gasteiger partial charge in [0.25, 0.3) is 0 Å². The molecule has 1 aliphatic rings. The summed E-state index contributed by atoms with van der Waals surface area (Å²) in [5.41, 5.74) is 0. The molecule has 0 spiro atoms. The van der Waals surface area contributed by atoms with E-state index in [-0.39, 0.29) is 0 Å². The summed E-state index contributed by atoms with van der Waals surface area (Å²) in [7, 11) is 0. The Kier molecular flexibility index (Phi) is 3.69. The Labute approximate surface area is 89.8 Å². The molecule has 84 valence electrons. The van der Waals surface area contributed by atoms with Gasteiger partial charge in [0.15, 0.2) is 0 Å². The Balaban J connectivity index is 1.73. The maximum absolute atomic E-state index is 5.52. The van der Waals surface area contributed by atoms with Gasteiger partial charge >= 0.3 is 0 Å². The van der Waals surface area contributed by atoms with Crippen LogP contribution in [0.1, 0.15) is 25.6 Å². The molecule has 1 N–H and O–H groups in total. The van der Waals surface area contributed by atoms with Crippen LogP contribution < -0.4 is 5.32 Å². The Morgan fingerprint density at radius 2 is 2.60 bits per heavy atom. The smallest absolute Gasteiger partial charge is 0.140 e. The minimum Gasteiger partial charge on any atom is -0.377 e. The Bertz CT molecular complexity index is 293. The van der Waals surface area contributed by atoms with Crippen molar-refractivity contribution in [3.05, 3.63) is 12.2 Å². The molecule has 1 aromatic rings. The highest BCUT2D eigenvalue weighted by Crippen LogP contribution is 2.10. The van der Waals surface area contributed by atoms with Crippen molar-refractivity contribution in [1.82, 2.24) is 20.1 Å². The van der Waals surface area contributed by atoms with Crippen LogP contribution in [0.3, 0.4) is 0 Å². The molecular weight excluding hydrogens is 192 g/mol. The highest BCUT2D eigenvalue weighted by Gasteiger charge is 2.14. The second-order valence-corrected chi connectivity index (χ2v) is 3.76. The van der Waals surface area contributed by atoms with Gasteiger partial charge < -0.3 is 10.1 Å². The van der Waals surface area contributed by atoms with Crippen molar-refractivity contribution in [3.8, 4) is 0 Å². The SMILES string of the molecule is CCn1ncnc1CNCC1CCCO1. The van der Waals surface area contributed by atoms with E-state index in [1.165, 1.54) is 12.8 Å². The number of hydrogen-bond donors (Lipinski definition) is 1. The first-order chi connectivity index (χ1) is 7.40. The molecule has 5 nitrogen and oxygen atoms in total. The Morgan fingerprint density at radius 1 is 1.67 bits per heavy atom. The standard InChI is InChI=1S/C10H18N4O/c1-2-14-10(12-8-13-14)7-11-6-9-4-3-5-15-9/h8-9,11H,2-7H2,1H3. The fourth-order valence-electron chi connectivity index (χ4n) is 1.84. The lowest BCUT2D eigenvalue weighted by Crippen LogP contribution is -2.27. The van der Waals surface area contributed by atoms with Gasteiger partial charge in [-0.2, -0.15) is 5.10 Å². The number of nitrogens with one attached hydrogen (secondary N) is 1. The van der Waals surface area contributed by atoms with E-state index < -0.39 is 0 Å². The summed E-state index contributed by atoms with van der Waals surface area (Å²) in [4.78, 5) is 4.20. The van der Waals surface area contributed by atoms with E-state index in [4.69, 9.17) is 4.74 Å². The maximum atomic E-state index is 5.52. The van der Waals surface area contributed by atoms with Crippen LogP contribution in [-0.2, 0) is 17.8 Å². The summed E-state index contributed by atoms with van der Waals surface area (Å²) < 4.78 is 7.43. The molecule has 1 aromatic heterocycles. The Hall–Kier alpha value is -0.940. The molecular formula is C10H18N4O. The van der Waals surface area contributed by atoms with Crippen LogP contribution in [0.4, 0.5) is 0 Å². The van der Waals surface area contributed by atoms with Crippen LogP contribution in [0, 0.1) is 0 Å². The molecule has 0 aliphatic carbocycles. The Morgan fingerprint density at radius 3 is 3.33 bits per heavy atom. The van der Waals surface area contributed by atoms with E-state index in [1.54, 1.807) is 6.33 Å². The fraction of sp³-hybridized carbons (Fsp3) is 0.800. The van der Waals surface area contributed by atoms with Gasteiger partial charge in [-0.15, -0.1) is 0 Å². The molecule has 1 fully saturated rings. The summed E-state index contributed by atoms with van der Waals surface area (Å²) in [6.45, 7) is 5.54. The molecule has 0 saturated carbocycles. The van der Waals surface area contributed by atoms with Gasteiger partial charge in [-0.3, -0.25) is 0 Å². The highest BCUT2D eigenvalue weighted by molar-refractivity contribution is 4.83. The molecule has 0 amide bonds. The van der Waals surface area contributed by atoms with Crippen LogP contribution in [0.25, 0.3) is 0 Å². The number of hydrogen-bond acceptors (Lipinski definition) is 4. The molecule has 0 aromatic carbocycles. The maximum Gasteiger partial charge on any atom is 0.140 e. The molecule has 0 radical (unpaired) electrons. The highest BCUT2D eigenvalue weighted by atomic mass is 16.5. The molecule has 1 unspecified atom stereocenters. The number of ether oxygens (including phenoxy) is 1. The topological polar surface area (TPSA) is 52.0 Å². The zero-order chi connectivity index (χ0) is 10.5. The van der Waals surface area contributed by atoms with E-state index in [9.17, 15) is 0 Å². The van der Waals surface area contributed by atoms with Gasteiger partial charge in [-0.1, -0.05) is 0 Å². The third kappa shape index (κ3) is 2.76. The second kappa shape index (κ2) is 5.23. The van der Waals surface area contributed by atoms with E-state index in [1.807, 2.05) is 4.68 Å². The van der Waals surface area contributed by atoms with Gasteiger partial charge in [0, 0.05) is 19.7 Å². The largest absolute Gasteiger partial charge is 0.377 e. The predicted octanol–water partition coefficient (Wildman–Crippen LogP) is 0.567. The van der Waals surface area contributed by atoms with Crippen molar-refractivity contribution in [3.63, 3.8) is 0 Å². The van der Waals surface area contributed by atoms with Crippen molar-refractivity contribution in [1.29, 1.82) is 0 Å². The number of rotatable bonds is 5. The van der Waals surface area contributed by atoms with Gasteiger partial charge in [-0.25, -0.2) is 9.67 Å². The first-order valence-electron chi connectivity index (χ1n) is 5.59. The van der Waals surface area contributed by atoms with Crippen molar-refractivity contribution < 1.29 is 4.74 Å². The van der Waals surface area contributed by atoms with E-state index in [0.29, 0.717) is 6.10 Å². The lowest BCUT2D eigenvalue weighted by atomic mass is 10.2. The van der Waals surface area contributed by atoms with Gasteiger partial charge in [0.05, 0.1) is 12.6 Å². The molecule has 2 rings (SSSR count). The van der Waals surface area contributed by atoms with Gasteiger partial charge in [0.2, 0.25) is 0 Å². The summed E-state index contributed by atoms with van der Waals surface area (Å²) in [5.74, 6) is 0.996. The summed E-state index contributed by atoms with van der Waals surface area (Å²) >= 11 is 0. The van der Waals surface area contributed by atoms with E-state index >= 15 is 0 Å². The average molecular weight is 210 g/mol. The third-order valence-electron chi connectivity index (χ3n) is 2.67. The quantitative estimate of drug-likeness (QED) is 0.772. The molecule has 2 heterocycles. The molecule has 15 heavy (non-hydrogen) atoms. The first kappa shape index (κ1) is 10.6. The molecule has 0 bridgehead atoms. The zero-order valence-electron chi connectivity index (χ0n) is 9.15. The van der Waals surface area contributed by atoms with Crippen LogP contribution >= 0.6 is 0 Å². The lowest BCUT2D eigenvalue weighted by Gasteiger charge is -2.10. The number of aryl methyl sites for hydroxylation is 1. The normalized spacial score (nSPS) is 21.0. The number of nitrogens with zero attached hydrogens (tertiary/aromatic N) is 3. The van der Waals surface area contributed by atoms with Crippen LogP contribution in [-0.4, -0.2) is 34.0 Å². The number of aromatic nitrogens is 3. The second-order valence-electron chi connectivity index (χ2n) is 3.76. The fourth-order valence-corrected chi connectivity index (χ4v) is 1.84. The van der Waals surface area contributed by atoms with Crippen LogP contribution in [0.2, 0.25) is 0 Å². The van der Waals surface area contributed by atoms with Gasteiger partial charge in [0.1, 0.15) is 12.2 Å². The zero-order valence-corrected chi connectivity index (χ0v) is 9.15. The van der Waals surface area contributed by atoms with Crippen molar-refractivity contribution >= 4 is 0 Å². The first-order valence-corrected chi connectivity index (χ1v) is 5.59. The van der Waals surface area contributed by atoms with Gasteiger partial charge in [-0.05, 0) is 19.8 Å². The lowest BCUT2D eigenvalue weighted by molar-refractivity contribution is 0.109. The van der Waals surface area contributed by atoms with Crippen LogP contribution in [0.15, 0.2) is 6.33 Å².